The summed E-state index contributed by atoms with van der Waals surface area (Å²) in [5.41, 5.74) is 8.11. The van der Waals surface area contributed by atoms with E-state index in [1.165, 1.54) is 0 Å². The van der Waals surface area contributed by atoms with E-state index < -0.39 is 0 Å². The lowest BCUT2D eigenvalue weighted by molar-refractivity contribution is 0.0935. The van der Waals surface area contributed by atoms with Crippen LogP contribution >= 0.6 is 12.4 Å². The molecule has 0 aromatic carbocycles. The van der Waals surface area contributed by atoms with Crippen LogP contribution in [0, 0.1) is 19.8 Å². The third-order valence-corrected chi connectivity index (χ3v) is 3.75. The number of hydrogen-bond donors (Lipinski definition) is 2. The van der Waals surface area contributed by atoms with Gasteiger partial charge in [0.1, 0.15) is 0 Å². The second-order valence-corrected chi connectivity index (χ2v) is 5.41. The molecular formula is C14H19ClN4O2. The smallest absolute Gasteiger partial charge is 0.258 e. The molecule has 0 radical (unpaired) electrons. The van der Waals surface area contributed by atoms with Gasteiger partial charge >= 0.3 is 0 Å². The lowest BCUT2D eigenvalue weighted by Crippen LogP contribution is -2.41. The molecule has 3 N–H and O–H groups in total. The molecule has 6 nitrogen and oxygen atoms in total. The Morgan fingerprint density at radius 1 is 1.52 bits per heavy atom. The zero-order chi connectivity index (χ0) is 14.3. The number of amides is 1. The first kappa shape index (κ1) is 15.7. The summed E-state index contributed by atoms with van der Waals surface area (Å²) in [5, 5.41) is 7.58. The van der Waals surface area contributed by atoms with E-state index in [2.05, 4.69) is 15.5 Å². The predicted octanol–water partition coefficient (Wildman–Crippen LogP) is 1.73. The number of nitrogens with one attached hydrogen (secondary N) is 1. The number of carbonyl (C=O) groups excluding carboxylic acids is 1. The van der Waals surface area contributed by atoms with Gasteiger partial charge in [-0.1, -0.05) is 5.16 Å². The van der Waals surface area contributed by atoms with Gasteiger partial charge in [0.15, 0.2) is 0 Å². The predicted molar refractivity (Wildman–Crippen MR) is 81.6 cm³/mol. The van der Waals surface area contributed by atoms with Crippen LogP contribution in [-0.2, 0) is 0 Å². The minimum absolute atomic E-state index is 0. The molecule has 1 atom stereocenters. The molecule has 2 aromatic rings. The molecule has 1 amide bonds. The highest BCUT2D eigenvalue weighted by molar-refractivity contribution is 6.06. The van der Waals surface area contributed by atoms with Crippen LogP contribution in [0.25, 0.3) is 11.1 Å². The molecule has 1 unspecified atom stereocenters. The second kappa shape index (κ2) is 5.99. The fourth-order valence-corrected chi connectivity index (χ4v) is 2.51. The van der Waals surface area contributed by atoms with Crippen molar-refractivity contribution in [3.05, 3.63) is 23.0 Å². The molecule has 0 saturated heterocycles. The second-order valence-electron chi connectivity index (χ2n) is 5.41. The van der Waals surface area contributed by atoms with Crippen LogP contribution in [0.4, 0.5) is 0 Å². The molecule has 2 aromatic heterocycles. The summed E-state index contributed by atoms with van der Waals surface area (Å²) in [6.07, 6.45) is 2.28. The fraction of sp³-hybridized carbons (Fsp3) is 0.500. The Balaban J connectivity index is 0.00000161. The summed E-state index contributed by atoms with van der Waals surface area (Å²) in [5.74, 6) is 0.389. The molecule has 0 bridgehead atoms. The van der Waals surface area contributed by atoms with Gasteiger partial charge in [-0.15, -0.1) is 12.4 Å². The minimum Gasteiger partial charge on any atom is -0.348 e. The van der Waals surface area contributed by atoms with Crippen molar-refractivity contribution in [2.45, 2.75) is 32.7 Å². The number of rotatable bonds is 4. The maximum absolute atomic E-state index is 12.5. The number of carbonyl (C=O) groups is 1. The number of hydrogen-bond acceptors (Lipinski definition) is 5. The van der Waals surface area contributed by atoms with E-state index in [1.807, 2.05) is 6.92 Å². The number of aromatic nitrogens is 2. The molecule has 3 rings (SSSR count). The zero-order valence-corrected chi connectivity index (χ0v) is 12.9. The molecule has 1 saturated carbocycles. The van der Waals surface area contributed by atoms with E-state index in [0.717, 1.165) is 18.5 Å². The van der Waals surface area contributed by atoms with Crippen LogP contribution in [-0.4, -0.2) is 28.6 Å². The topological polar surface area (TPSA) is 94.0 Å². The summed E-state index contributed by atoms with van der Waals surface area (Å²) in [6.45, 7) is 4.10. The van der Waals surface area contributed by atoms with Gasteiger partial charge in [0, 0.05) is 18.3 Å². The van der Waals surface area contributed by atoms with Crippen molar-refractivity contribution in [2.75, 3.05) is 6.54 Å². The Kier molecular flexibility index (Phi) is 4.49. The fourth-order valence-electron chi connectivity index (χ4n) is 2.51. The van der Waals surface area contributed by atoms with Crippen molar-refractivity contribution in [3.8, 4) is 0 Å². The molecule has 21 heavy (non-hydrogen) atoms. The number of pyridine rings is 1. The van der Waals surface area contributed by atoms with Crippen LogP contribution in [0.3, 0.4) is 0 Å². The largest absolute Gasteiger partial charge is 0.348 e. The van der Waals surface area contributed by atoms with Crippen molar-refractivity contribution in [3.63, 3.8) is 0 Å². The maximum atomic E-state index is 12.5. The molecule has 1 aliphatic carbocycles. The van der Waals surface area contributed by atoms with Crippen LogP contribution < -0.4 is 11.1 Å². The van der Waals surface area contributed by atoms with E-state index in [-0.39, 0.29) is 24.4 Å². The number of nitrogens with zero attached hydrogens (tertiary/aromatic N) is 2. The van der Waals surface area contributed by atoms with E-state index in [0.29, 0.717) is 34.8 Å². The van der Waals surface area contributed by atoms with Crippen molar-refractivity contribution in [1.29, 1.82) is 0 Å². The first-order valence-corrected chi connectivity index (χ1v) is 6.84. The standard InChI is InChI=1S/C14H18N4O2.ClH/c1-7-5-10(12-8(2)18-20-14(12)16-7)13(19)17-11(6-15)9-3-4-9;/h5,9,11H,3-4,6,15H2,1-2H3,(H,17,19);1H. The van der Waals surface area contributed by atoms with Gasteiger partial charge in [-0.05, 0) is 38.7 Å². The van der Waals surface area contributed by atoms with E-state index in [9.17, 15) is 4.79 Å². The maximum Gasteiger partial charge on any atom is 0.258 e. The van der Waals surface area contributed by atoms with Gasteiger partial charge in [-0.25, -0.2) is 4.98 Å². The number of fused-ring (bicyclic) bond motifs is 1. The van der Waals surface area contributed by atoms with Gasteiger partial charge in [0.2, 0.25) is 0 Å². The lowest BCUT2D eigenvalue weighted by atomic mass is 10.1. The van der Waals surface area contributed by atoms with E-state index >= 15 is 0 Å². The molecule has 1 fully saturated rings. The normalized spacial score (nSPS) is 15.6. The first-order chi connectivity index (χ1) is 9.60. The quantitative estimate of drug-likeness (QED) is 0.897. The third kappa shape index (κ3) is 3.01. The Morgan fingerprint density at radius 2 is 2.24 bits per heavy atom. The van der Waals surface area contributed by atoms with Crippen LogP contribution in [0.2, 0.25) is 0 Å². The molecule has 7 heteroatoms. The number of aryl methyl sites for hydroxylation is 2. The monoisotopic (exact) mass is 310 g/mol. The van der Waals surface area contributed by atoms with Crippen molar-refractivity contribution in [1.82, 2.24) is 15.5 Å². The Hall–Kier alpha value is -1.66. The average molecular weight is 311 g/mol. The minimum atomic E-state index is -0.130. The van der Waals surface area contributed by atoms with Gasteiger partial charge in [-0.3, -0.25) is 4.79 Å². The summed E-state index contributed by atoms with van der Waals surface area (Å²) < 4.78 is 5.15. The summed E-state index contributed by atoms with van der Waals surface area (Å²) >= 11 is 0. The molecular weight excluding hydrogens is 292 g/mol. The summed E-state index contributed by atoms with van der Waals surface area (Å²) in [7, 11) is 0. The number of halogens is 1. The highest BCUT2D eigenvalue weighted by atomic mass is 35.5. The van der Waals surface area contributed by atoms with Crippen LogP contribution in [0.1, 0.15) is 34.6 Å². The highest BCUT2D eigenvalue weighted by Gasteiger charge is 2.32. The Morgan fingerprint density at radius 3 is 2.86 bits per heavy atom. The van der Waals surface area contributed by atoms with Gasteiger partial charge in [-0.2, -0.15) is 0 Å². The number of nitrogens with two attached hydrogens (primary N) is 1. The third-order valence-electron chi connectivity index (χ3n) is 3.75. The molecule has 0 spiro atoms. The van der Waals surface area contributed by atoms with Crippen LogP contribution in [0.5, 0.6) is 0 Å². The lowest BCUT2D eigenvalue weighted by Gasteiger charge is -2.16. The average Bonchev–Trinajstić information content (AvgIpc) is 3.20. The Labute approximate surface area is 128 Å². The Bertz CT molecular complexity index is 666. The van der Waals surface area contributed by atoms with Crippen molar-refractivity contribution < 1.29 is 9.32 Å². The van der Waals surface area contributed by atoms with Gasteiger partial charge in [0.05, 0.1) is 16.6 Å². The SMILES string of the molecule is Cc1cc(C(=O)NC(CN)C2CC2)c2c(C)noc2n1.Cl. The highest BCUT2D eigenvalue weighted by Crippen LogP contribution is 2.32. The zero-order valence-electron chi connectivity index (χ0n) is 12.0. The van der Waals surface area contributed by atoms with Gasteiger partial charge < -0.3 is 15.6 Å². The molecule has 2 heterocycles. The van der Waals surface area contributed by atoms with Crippen molar-refractivity contribution in [2.24, 2.45) is 11.7 Å². The van der Waals surface area contributed by atoms with E-state index in [4.69, 9.17) is 10.3 Å². The first-order valence-electron chi connectivity index (χ1n) is 6.84. The van der Waals surface area contributed by atoms with E-state index in [1.54, 1.807) is 13.0 Å². The summed E-state index contributed by atoms with van der Waals surface area (Å²) in [6, 6.07) is 1.81. The molecule has 0 aliphatic heterocycles. The summed E-state index contributed by atoms with van der Waals surface area (Å²) in [4.78, 5) is 16.8. The molecule has 1 aliphatic rings. The van der Waals surface area contributed by atoms with Crippen LogP contribution in [0.15, 0.2) is 10.6 Å². The van der Waals surface area contributed by atoms with Crippen molar-refractivity contribution >= 4 is 29.4 Å². The van der Waals surface area contributed by atoms with Gasteiger partial charge in [0.25, 0.3) is 11.6 Å². The molecule has 114 valence electrons.